The highest BCUT2D eigenvalue weighted by molar-refractivity contribution is 7.13. The molecule has 1 aliphatic rings. The predicted molar refractivity (Wildman–Crippen MR) is 91.4 cm³/mol. The van der Waals surface area contributed by atoms with Gasteiger partial charge in [-0.15, -0.1) is 21.5 Å². The van der Waals surface area contributed by atoms with E-state index >= 15 is 0 Å². The first kappa shape index (κ1) is 15.4. The van der Waals surface area contributed by atoms with Crippen molar-refractivity contribution >= 4 is 11.3 Å². The smallest absolute Gasteiger partial charge is 0.259 e. The Bertz CT molecular complexity index is 800. The summed E-state index contributed by atoms with van der Waals surface area (Å²) in [6, 6.07) is 4.30. The van der Waals surface area contributed by atoms with Crippen LogP contribution in [0.4, 0.5) is 0 Å². The minimum absolute atomic E-state index is 0.182. The maximum absolute atomic E-state index is 6.01. The second-order valence-corrected chi connectivity index (χ2v) is 6.90. The monoisotopic (exact) mass is 341 g/mol. The molecule has 0 aliphatic carbocycles. The zero-order chi connectivity index (χ0) is 16.4. The van der Waals surface area contributed by atoms with Crippen LogP contribution in [-0.4, -0.2) is 31.6 Å². The fourth-order valence-corrected chi connectivity index (χ4v) is 3.87. The van der Waals surface area contributed by atoms with E-state index in [0.717, 1.165) is 30.1 Å². The van der Waals surface area contributed by atoms with Gasteiger partial charge in [0, 0.05) is 18.9 Å². The van der Waals surface area contributed by atoms with Crippen molar-refractivity contribution in [2.75, 3.05) is 6.54 Å². The SMILES string of the molecule is Cc1ncsc1-c1nnc([C@@H]2CCCCN2Cc2ccncc2)o1. The summed E-state index contributed by atoms with van der Waals surface area (Å²) >= 11 is 1.54. The number of rotatable bonds is 4. The molecule has 124 valence electrons. The third-order valence-corrected chi connectivity index (χ3v) is 5.33. The molecule has 1 atom stereocenters. The van der Waals surface area contributed by atoms with Crippen LogP contribution >= 0.6 is 11.3 Å². The fourth-order valence-electron chi connectivity index (χ4n) is 3.15. The van der Waals surface area contributed by atoms with E-state index in [4.69, 9.17) is 4.42 Å². The van der Waals surface area contributed by atoms with Gasteiger partial charge in [0.15, 0.2) is 0 Å². The number of nitrogens with zero attached hydrogens (tertiary/aromatic N) is 5. The largest absolute Gasteiger partial charge is 0.418 e. The second-order valence-electron chi connectivity index (χ2n) is 6.05. The summed E-state index contributed by atoms with van der Waals surface area (Å²) in [7, 11) is 0. The number of hydrogen-bond donors (Lipinski definition) is 0. The van der Waals surface area contributed by atoms with Crippen LogP contribution in [0.2, 0.25) is 0 Å². The first-order valence-electron chi connectivity index (χ1n) is 8.18. The molecule has 0 spiro atoms. The maximum atomic E-state index is 6.01. The lowest BCUT2D eigenvalue weighted by Crippen LogP contribution is -2.33. The lowest BCUT2D eigenvalue weighted by Gasteiger charge is -2.33. The molecule has 1 saturated heterocycles. The van der Waals surface area contributed by atoms with Gasteiger partial charge < -0.3 is 4.42 Å². The summed E-state index contributed by atoms with van der Waals surface area (Å²) < 4.78 is 6.01. The normalized spacial score (nSPS) is 18.8. The van der Waals surface area contributed by atoms with Crippen LogP contribution < -0.4 is 0 Å². The van der Waals surface area contributed by atoms with Gasteiger partial charge in [-0.3, -0.25) is 9.88 Å². The van der Waals surface area contributed by atoms with Crippen LogP contribution in [0.15, 0.2) is 34.5 Å². The highest BCUT2D eigenvalue weighted by Gasteiger charge is 2.29. The minimum atomic E-state index is 0.182. The number of hydrogen-bond acceptors (Lipinski definition) is 7. The number of pyridine rings is 1. The highest BCUT2D eigenvalue weighted by atomic mass is 32.1. The van der Waals surface area contributed by atoms with E-state index < -0.39 is 0 Å². The molecule has 0 radical (unpaired) electrons. The predicted octanol–water partition coefficient (Wildman–Crippen LogP) is 3.62. The number of aromatic nitrogens is 4. The van der Waals surface area contributed by atoms with Crippen LogP contribution in [0.25, 0.3) is 10.8 Å². The lowest BCUT2D eigenvalue weighted by atomic mass is 10.0. The van der Waals surface area contributed by atoms with E-state index in [0.29, 0.717) is 11.8 Å². The summed E-state index contributed by atoms with van der Waals surface area (Å²) in [6.45, 7) is 3.89. The van der Waals surface area contributed by atoms with E-state index in [1.54, 1.807) is 0 Å². The van der Waals surface area contributed by atoms with Crippen molar-refractivity contribution in [3.05, 3.63) is 47.2 Å². The highest BCUT2D eigenvalue weighted by Crippen LogP contribution is 2.34. The van der Waals surface area contributed by atoms with Crippen molar-refractivity contribution in [1.82, 2.24) is 25.1 Å². The summed E-state index contributed by atoms with van der Waals surface area (Å²) in [5, 5.41) is 8.59. The summed E-state index contributed by atoms with van der Waals surface area (Å²) in [5.74, 6) is 1.30. The molecule has 4 rings (SSSR count). The molecule has 0 unspecified atom stereocenters. The molecule has 24 heavy (non-hydrogen) atoms. The molecule has 0 aromatic carbocycles. The lowest BCUT2D eigenvalue weighted by molar-refractivity contribution is 0.118. The molecule has 1 aliphatic heterocycles. The third kappa shape index (κ3) is 3.09. The molecular weight excluding hydrogens is 322 g/mol. The molecule has 0 saturated carbocycles. The van der Waals surface area contributed by atoms with Gasteiger partial charge in [-0.2, -0.15) is 0 Å². The standard InChI is InChI=1S/C17H19N5OS/c1-12-15(24-11-19-12)17-21-20-16(23-17)14-4-2-3-9-22(14)10-13-5-7-18-8-6-13/h5-8,11,14H,2-4,9-10H2,1H3/t14-/m0/s1. The van der Waals surface area contributed by atoms with E-state index in [2.05, 4.69) is 37.2 Å². The zero-order valence-corrected chi connectivity index (χ0v) is 14.4. The maximum Gasteiger partial charge on any atom is 0.259 e. The van der Waals surface area contributed by atoms with Crippen molar-refractivity contribution in [3.63, 3.8) is 0 Å². The Kier molecular flexibility index (Phi) is 4.36. The second kappa shape index (κ2) is 6.78. The Morgan fingerprint density at radius 2 is 2.12 bits per heavy atom. The van der Waals surface area contributed by atoms with Crippen LogP contribution in [0.3, 0.4) is 0 Å². The van der Waals surface area contributed by atoms with Crippen molar-refractivity contribution in [3.8, 4) is 10.8 Å². The van der Waals surface area contributed by atoms with Crippen molar-refractivity contribution < 1.29 is 4.42 Å². The van der Waals surface area contributed by atoms with Crippen molar-refractivity contribution in [1.29, 1.82) is 0 Å². The van der Waals surface area contributed by atoms with E-state index in [9.17, 15) is 0 Å². The Balaban J connectivity index is 1.57. The first-order valence-corrected chi connectivity index (χ1v) is 9.06. The van der Waals surface area contributed by atoms with Gasteiger partial charge in [0.1, 0.15) is 4.88 Å². The molecule has 7 heteroatoms. The molecule has 3 aromatic rings. The average molecular weight is 341 g/mol. The quantitative estimate of drug-likeness (QED) is 0.722. The summed E-state index contributed by atoms with van der Waals surface area (Å²) in [5.41, 5.74) is 4.01. The van der Waals surface area contributed by atoms with Gasteiger partial charge in [0.05, 0.1) is 17.2 Å². The summed E-state index contributed by atoms with van der Waals surface area (Å²) in [6.07, 6.45) is 7.12. The van der Waals surface area contributed by atoms with Crippen LogP contribution in [-0.2, 0) is 6.54 Å². The molecular formula is C17H19N5OS. The fraction of sp³-hybridized carbons (Fsp3) is 0.412. The van der Waals surface area contributed by atoms with Gasteiger partial charge >= 0.3 is 0 Å². The van der Waals surface area contributed by atoms with Crippen LogP contribution in [0.1, 0.15) is 42.5 Å². The summed E-state index contributed by atoms with van der Waals surface area (Å²) in [4.78, 5) is 11.7. The van der Waals surface area contributed by atoms with E-state index in [1.807, 2.05) is 24.8 Å². The van der Waals surface area contributed by atoms with Gasteiger partial charge in [0.25, 0.3) is 5.89 Å². The number of thiazole rings is 1. The van der Waals surface area contributed by atoms with Crippen molar-refractivity contribution in [2.24, 2.45) is 0 Å². The van der Waals surface area contributed by atoms with E-state index in [-0.39, 0.29) is 6.04 Å². The van der Waals surface area contributed by atoms with Gasteiger partial charge in [0.2, 0.25) is 5.89 Å². The van der Waals surface area contributed by atoms with E-state index in [1.165, 1.54) is 29.7 Å². The molecule has 6 nitrogen and oxygen atoms in total. The van der Waals surface area contributed by atoms with Gasteiger partial charge in [-0.05, 0) is 44.0 Å². The molecule has 0 bridgehead atoms. The van der Waals surface area contributed by atoms with Crippen molar-refractivity contribution in [2.45, 2.75) is 38.8 Å². The Morgan fingerprint density at radius 1 is 1.25 bits per heavy atom. The Labute approximate surface area is 144 Å². The number of piperidine rings is 1. The molecule has 0 N–H and O–H groups in total. The molecule has 4 heterocycles. The first-order chi connectivity index (χ1) is 11.8. The minimum Gasteiger partial charge on any atom is -0.418 e. The Hall–Kier alpha value is -2.12. The van der Waals surface area contributed by atoms with Crippen LogP contribution in [0.5, 0.6) is 0 Å². The van der Waals surface area contributed by atoms with Crippen LogP contribution in [0, 0.1) is 6.92 Å². The number of aryl methyl sites for hydroxylation is 1. The topological polar surface area (TPSA) is 67.9 Å². The average Bonchev–Trinajstić information content (AvgIpc) is 3.25. The zero-order valence-electron chi connectivity index (χ0n) is 13.6. The van der Waals surface area contributed by atoms with Gasteiger partial charge in [-0.25, -0.2) is 4.98 Å². The number of likely N-dealkylation sites (tertiary alicyclic amines) is 1. The molecule has 0 amide bonds. The molecule has 1 fully saturated rings. The third-order valence-electron chi connectivity index (χ3n) is 4.41. The molecule has 3 aromatic heterocycles. The Morgan fingerprint density at radius 3 is 2.92 bits per heavy atom. The van der Waals surface area contributed by atoms with Gasteiger partial charge in [-0.1, -0.05) is 6.42 Å².